The lowest BCUT2D eigenvalue weighted by molar-refractivity contribution is 0.0742. The number of likely N-dealkylation sites (tertiary alicyclic amines) is 1. The summed E-state index contributed by atoms with van der Waals surface area (Å²) < 4.78 is 4.77. The van der Waals surface area contributed by atoms with Crippen LogP contribution in [-0.4, -0.2) is 59.4 Å². The highest BCUT2D eigenvalue weighted by Crippen LogP contribution is 2.29. The molecule has 0 aromatic heterocycles. The molecule has 0 aromatic rings. The molecule has 6 nitrogen and oxygen atoms in total. The number of hydrogen-bond donors (Lipinski definition) is 1. The molecule has 18 heavy (non-hydrogen) atoms. The molecule has 102 valence electrons. The third-order valence-corrected chi connectivity index (χ3v) is 3.68. The Morgan fingerprint density at radius 1 is 1.33 bits per heavy atom. The van der Waals surface area contributed by atoms with E-state index >= 15 is 0 Å². The van der Waals surface area contributed by atoms with Gasteiger partial charge in [0.25, 0.3) is 0 Å². The quantitative estimate of drug-likeness (QED) is 0.835. The Morgan fingerprint density at radius 3 is 2.61 bits per heavy atom. The van der Waals surface area contributed by atoms with Crippen LogP contribution in [0.5, 0.6) is 0 Å². The normalized spacial score (nSPS) is 23.6. The van der Waals surface area contributed by atoms with Crippen LogP contribution >= 0.6 is 0 Å². The number of carbonyl (C=O) groups excluding carboxylic acids is 1. The van der Waals surface area contributed by atoms with Crippen LogP contribution in [0.15, 0.2) is 0 Å². The molecule has 1 heterocycles. The van der Waals surface area contributed by atoms with E-state index in [-0.39, 0.29) is 18.2 Å². The standard InChI is InChI=1S/C12H20N2O4/c1-18-12(17)14(9-5-6-9)8-10-4-2-3-7-13(10)11(15)16/h9-10H,2-8H2,1H3,(H,15,16). The fourth-order valence-corrected chi connectivity index (χ4v) is 2.55. The lowest BCUT2D eigenvalue weighted by atomic mass is 10.0. The summed E-state index contributed by atoms with van der Waals surface area (Å²) >= 11 is 0. The van der Waals surface area contributed by atoms with E-state index in [0.29, 0.717) is 13.1 Å². The van der Waals surface area contributed by atoms with Crippen LogP contribution in [-0.2, 0) is 4.74 Å². The van der Waals surface area contributed by atoms with Crippen LogP contribution in [0.4, 0.5) is 9.59 Å². The molecule has 0 spiro atoms. The second kappa shape index (κ2) is 5.46. The number of piperidine rings is 1. The molecule has 1 saturated carbocycles. The lowest BCUT2D eigenvalue weighted by Crippen LogP contribution is -2.50. The second-order valence-corrected chi connectivity index (χ2v) is 4.98. The van der Waals surface area contributed by atoms with Gasteiger partial charge in [-0.05, 0) is 32.1 Å². The van der Waals surface area contributed by atoms with Crippen LogP contribution in [0, 0.1) is 0 Å². The molecule has 0 radical (unpaired) electrons. The third kappa shape index (κ3) is 2.86. The van der Waals surface area contributed by atoms with Crippen LogP contribution in [0.2, 0.25) is 0 Å². The molecule has 1 aliphatic carbocycles. The first-order chi connectivity index (χ1) is 8.63. The fourth-order valence-electron chi connectivity index (χ4n) is 2.55. The van der Waals surface area contributed by atoms with Crippen molar-refractivity contribution >= 4 is 12.2 Å². The Labute approximate surface area is 106 Å². The van der Waals surface area contributed by atoms with Gasteiger partial charge in [0, 0.05) is 19.1 Å². The number of nitrogens with zero attached hydrogens (tertiary/aromatic N) is 2. The molecule has 0 aromatic carbocycles. The van der Waals surface area contributed by atoms with Crippen LogP contribution < -0.4 is 0 Å². The number of carbonyl (C=O) groups is 2. The topological polar surface area (TPSA) is 70.1 Å². The summed E-state index contributed by atoms with van der Waals surface area (Å²) in [6.07, 6.45) is 3.52. The van der Waals surface area contributed by atoms with E-state index < -0.39 is 6.09 Å². The molecule has 1 atom stereocenters. The minimum absolute atomic E-state index is 0.0871. The van der Waals surface area contributed by atoms with Crippen molar-refractivity contribution in [3.8, 4) is 0 Å². The maximum atomic E-state index is 11.7. The van der Waals surface area contributed by atoms with Gasteiger partial charge in [0.1, 0.15) is 0 Å². The molecular formula is C12H20N2O4. The highest BCUT2D eigenvalue weighted by atomic mass is 16.5. The smallest absolute Gasteiger partial charge is 0.409 e. The number of hydrogen-bond acceptors (Lipinski definition) is 3. The molecule has 2 amide bonds. The molecule has 0 bridgehead atoms. The van der Waals surface area contributed by atoms with E-state index in [4.69, 9.17) is 9.84 Å². The first kappa shape index (κ1) is 13.0. The summed E-state index contributed by atoms with van der Waals surface area (Å²) in [7, 11) is 1.37. The average Bonchev–Trinajstić information content (AvgIpc) is 3.19. The number of amides is 2. The van der Waals surface area contributed by atoms with Crippen molar-refractivity contribution in [2.45, 2.75) is 44.2 Å². The zero-order valence-corrected chi connectivity index (χ0v) is 10.7. The van der Waals surface area contributed by atoms with Crippen molar-refractivity contribution in [3.05, 3.63) is 0 Å². The molecule has 6 heteroatoms. The van der Waals surface area contributed by atoms with Gasteiger partial charge in [0.05, 0.1) is 13.2 Å². The summed E-state index contributed by atoms with van der Waals surface area (Å²) in [6, 6.07) is 0.158. The number of carboxylic acid groups (broad SMARTS) is 1. The predicted octanol–water partition coefficient (Wildman–Crippen LogP) is 1.75. The fraction of sp³-hybridized carbons (Fsp3) is 0.833. The minimum Gasteiger partial charge on any atom is -0.465 e. The molecule has 1 unspecified atom stereocenters. The van der Waals surface area contributed by atoms with Crippen LogP contribution in [0.25, 0.3) is 0 Å². The van der Waals surface area contributed by atoms with Crippen LogP contribution in [0.1, 0.15) is 32.1 Å². The number of ether oxygens (including phenoxy) is 1. The molecule has 2 fully saturated rings. The maximum Gasteiger partial charge on any atom is 0.409 e. The summed E-state index contributed by atoms with van der Waals surface area (Å²) in [5.74, 6) is 0. The summed E-state index contributed by atoms with van der Waals surface area (Å²) in [5, 5.41) is 9.16. The maximum absolute atomic E-state index is 11.7. The summed E-state index contributed by atoms with van der Waals surface area (Å²) in [6.45, 7) is 1.03. The Balaban J connectivity index is 1.99. The minimum atomic E-state index is -0.889. The highest BCUT2D eigenvalue weighted by Gasteiger charge is 2.37. The predicted molar refractivity (Wildman–Crippen MR) is 64.5 cm³/mol. The van der Waals surface area contributed by atoms with Crippen molar-refractivity contribution in [1.29, 1.82) is 0 Å². The SMILES string of the molecule is COC(=O)N(CC1CCCCN1C(=O)O)C1CC1. The molecular weight excluding hydrogens is 236 g/mol. The van der Waals surface area contributed by atoms with Gasteiger partial charge < -0.3 is 19.6 Å². The Kier molecular flexibility index (Phi) is 3.93. The average molecular weight is 256 g/mol. The Morgan fingerprint density at radius 2 is 2.06 bits per heavy atom. The van der Waals surface area contributed by atoms with Crippen LogP contribution in [0.3, 0.4) is 0 Å². The largest absolute Gasteiger partial charge is 0.465 e. The van der Waals surface area contributed by atoms with Gasteiger partial charge in [0.2, 0.25) is 0 Å². The highest BCUT2D eigenvalue weighted by molar-refractivity contribution is 5.69. The second-order valence-electron chi connectivity index (χ2n) is 4.98. The number of rotatable bonds is 3. The number of methoxy groups -OCH3 is 1. The van der Waals surface area contributed by atoms with E-state index in [9.17, 15) is 9.59 Å². The van der Waals surface area contributed by atoms with Crippen molar-refractivity contribution < 1.29 is 19.4 Å². The van der Waals surface area contributed by atoms with Crippen molar-refractivity contribution in [2.24, 2.45) is 0 Å². The molecule has 1 aliphatic heterocycles. The zero-order valence-electron chi connectivity index (χ0n) is 10.7. The molecule has 1 saturated heterocycles. The van der Waals surface area contributed by atoms with Crippen molar-refractivity contribution in [2.75, 3.05) is 20.2 Å². The Hall–Kier alpha value is -1.46. The first-order valence-corrected chi connectivity index (χ1v) is 6.47. The third-order valence-electron chi connectivity index (χ3n) is 3.68. The van der Waals surface area contributed by atoms with Gasteiger partial charge in [-0.1, -0.05) is 0 Å². The Bertz CT molecular complexity index is 330. The first-order valence-electron chi connectivity index (χ1n) is 6.47. The van der Waals surface area contributed by atoms with Gasteiger partial charge >= 0.3 is 12.2 Å². The van der Waals surface area contributed by atoms with Crippen molar-refractivity contribution in [3.63, 3.8) is 0 Å². The van der Waals surface area contributed by atoms with Gasteiger partial charge in [-0.2, -0.15) is 0 Å². The van der Waals surface area contributed by atoms with E-state index in [1.54, 1.807) is 4.90 Å². The van der Waals surface area contributed by atoms with Gasteiger partial charge in [-0.25, -0.2) is 9.59 Å². The van der Waals surface area contributed by atoms with Crippen molar-refractivity contribution in [1.82, 2.24) is 9.80 Å². The molecule has 2 rings (SSSR count). The summed E-state index contributed by atoms with van der Waals surface area (Å²) in [5.41, 5.74) is 0. The lowest BCUT2D eigenvalue weighted by Gasteiger charge is -2.36. The van der Waals surface area contributed by atoms with Gasteiger partial charge in [-0.3, -0.25) is 0 Å². The zero-order chi connectivity index (χ0) is 13.1. The van der Waals surface area contributed by atoms with E-state index in [1.807, 2.05) is 0 Å². The van der Waals surface area contributed by atoms with Gasteiger partial charge in [0.15, 0.2) is 0 Å². The molecule has 2 aliphatic rings. The van der Waals surface area contributed by atoms with E-state index in [1.165, 1.54) is 12.0 Å². The van der Waals surface area contributed by atoms with Gasteiger partial charge in [-0.15, -0.1) is 0 Å². The summed E-state index contributed by atoms with van der Waals surface area (Å²) in [4.78, 5) is 26.0. The molecule has 1 N–H and O–H groups in total. The van der Waals surface area contributed by atoms with E-state index in [2.05, 4.69) is 0 Å². The monoisotopic (exact) mass is 256 g/mol. The van der Waals surface area contributed by atoms with E-state index in [0.717, 1.165) is 32.1 Å².